The van der Waals surface area contributed by atoms with Crippen LogP contribution < -0.4 is 0 Å². The van der Waals surface area contributed by atoms with Gasteiger partial charge in [-0.1, -0.05) is 145 Å². The van der Waals surface area contributed by atoms with Crippen LogP contribution in [0.3, 0.4) is 0 Å². The first-order valence-electron chi connectivity index (χ1n) is 12.9. The van der Waals surface area contributed by atoms with Crippen LogP contribution in [0.15, 0.2) is 139 Å². The second kappa shape index (κ2) is 8.21. The summed E-state index contributed by atoms with van der Waals surface area (Å²) in [5.74, 6) is 0.386. The number of fused-ring (bicyclic) bond motifs is 4. The summed E-state index contributed by atoms with van der Waals surface area (Å²) >= 11 is 0. The van der Waals surface area contributed by atoms with E-state index in [-0.39, 0.29) is 17.3 Å². The van der Waals surface area contributed by atoms with Crippen LogP contribution in [0, 0.1) is 0 Å². The molecule has 0 saturated carbocycles. The summed E-state index contributed by atoms with van der Waals surface area (Å²) in [5, 5.41) is 0. The Balaban J connectivity index is 1.66. The Morgan fingerprint density at radius 1 is 0.444 bits per heavy atom. The molecule has 36 heavy (non-hydrogen) atoms. The van der Waals surface area contributed by atoms with Gasteiger partial charge in [-0.05, 0) is 51.4 Å². The third kappa shape index (κ3) is 2.88. The molecular weight excluding hydrogens is 432 g/mol. The van der Waals surface area contributed by atoms with E-state index in [2.05, 4.69) is 146 Å². The summed E-state index contributed by atoms with van der Waals surface area (Å²) in [6, 6.07) is 49.6. The Kier molecular flexibility index (Phi) is 4.82. The molecular formula is C36H28. The fraction of sp³-hybridized carbons (Fsp3) is 0.111. The molecule has 0 saturated heterocycles. The minimum atomic E-state index is -0.321. The highest BCUT2D eigenvalue weighted by molar-refractivity contribution is 5.82. The highest BCUT2D eigenvalue weighted by Crippen LogP contribution is 2.64. The zero-order chi connectivity index (χ0) is 24.1. The Morgan fingerprint density at radius 3 is 1.44 bits per heavy atom. The van der Waals surface area contributed by atoms with E-state index >= 15 is 0 Å². The van der Waals surface area contributed by atoms with Crippen molar-refractivity contribution in [3.63, 3.8) is 0 Å². The van der Waals surface area contributed by atoms with Gasteiger partial charge in [-0.25, -0.2) is 0 Å². The molecule has 0 radical (unpaired) electrons. The lowest BCUT2D eigenvalue weighted by Gasteiger charge is -2.47. The van der Waals surface area contributed by atoms with E-state index in [1.165, 1.54) is 50.1 Å². The smallest absolute Gasteiger partial charge is 0.0418 e. The van der Waals surface area contributed by atoms with Crippen LogP contribution >= 0.6 is 0 Å². The molecule has 0 heterocycles. The number of hydrogen-bond donors (Lipinski definition) is 0. The summed E-state index contributed by atoms with van der Waals surface area (Å²) in [7, 11) is 0. The van der Waals surface area contributed by atoms with Gasteiger partial charge in [-0.2, -0.15) is 0 Å². The molecule has 0 aromatic heterocycles. The van der Waals surface area contributed by atoms with Crippen molar-refractivity contribution in [2.24, 2.45) is 0 Å². The fourth-order valence-corrected chi connectivity index (χ4v) is 7.16. The van der Waals surface area contributed by atoms with Gasteiger partial charge in [-0.3, -0.25) is 0 Å². The molecule has 0 nitrogen and oxygen atoms in total. The van der Waals surface area contributed by atoms with E-state index in [9.17, 15) is 0 Å². The molecule has 0 heteroatoms. The van der Waals surface area contributed by atoms with Crippen molar-refractivity contribution in [3.05, 3.63) is 172 Å². The van der Waals surface area contributed by atoms with Gasteiger partial charge in [0.2, 0.25) is 0 Å². The summed E-state index contributed by atoms with van der Waals surface area (Å²) in [6.45, 7) is 2.33. The molecule has 5 aromatic rings. The van der Waals surface area contributed by atoms with Crippen molar-refractivity contribution < 1.29 is 0 Å². The van der Waals surface area contributed by atoms with Gasteiger partial charge in [-0.15, -0.1) is 0 Å². The molecule has 1 unspecified atom stereocenters. The monoisotopic (exact) mass is 460 g/mol. The molecule has 1 atom stereocenters. The largest absolute Gasteiger partial charge is 0.0639 e. The van der Waals surface area contributed by atoms with Gasteiger partial charge >= 0.3 is 0 Å². The maximum atomic E-state index is 2.41. The fourth-order valence-electron chi connectivity index (χ4n) is 7.16. The maximum Gasteiger partial charge on any atom is 0.0418 e. The highest BCUT2D eigenvalue weighted by atomic mass is 14.6. The lowest BCUT2D eigenvalue weighted by molar-refractivity contribution is 0.405. The van der Waals surface area contributed by atoms with Crippen molar-refractivity contribution in [3.8, 4) is 11.1 Å². The predicted octanol–water partition coefficient (Wildman–Crippen LogP) is 8.99. The van der Waals surface area contributed by atoms with Crippen molar-refractivity contribution in [1.29, 1.82) is 0 Å². The topological polar surface area (TPSA) is 0 Å². The minimum absolute atomic E-state index is 0.175. The third-order valence-corrected chi connectivity index (χ3v) is 8.39. The van der Waals surface area contributed by atoms with Gasteiger partial charge in [0.15, 0.2) is 0 Å². The molecule has 5 aromatic carbocycles. The Bertz CT molecular complexity index is 1510. The minimum Gasteiger partial charge on any atom is -0.0639 e. The van der Waals surface area contributed by atoms with E-state index in [1.54, 1.807) is 0 Å². The summed E-state index contributed by atoms with van der Waals surface area (Å²) in [5.41, 5.74) is 12.2. The van der Waals surface area contributed by atoms with Crippen LogP contribution in [0.25, 0.3) is 17.2 Å². The van der Waals surface area contributed by atoms with Crippen LogP contribution in [0.5, 0.6) is 0 Å². The molecule has 0 amide bonds. The molecule has 172 valence electrons. The lowest BCUT2D eigenvalue weighted by Crippen LogP contribution is -2.41. The van der Waals surface area contributed by atoms with Gasteiger partial charge < -0.3 is 0 Å². The summed E-state index contributed by atoms with van der Waals surface area (Å²) in [6.07, 6.45) is 2.41. The van der Waals surface area contributed by atoms with E-state index in [0.717, 1.165) is 0 Å². The molecule has 0 N–H and O–H groups in total. The van der Waals surface area contributed by atoms with Crippen molar-refractivity contribution in [2.45, 2.75) is 24.2 Å². The van der Waals surface area contributed by atoms with Crippen LogP contribution in [-0.4, -0.2) is 0 Å². The first-order valence-corrected chi connectivity index (χ1v) is 12.9. The van der Waals surface area contributed by atoms with Crippen molar-refractivity contribution in [2.75, 3.05) is 0 Å². The van der Waals surface area contributed by atoms with Gasteiger partial charge in [0.25, 0.3) is 0 Å². The number of allylic oxidation sites excluding steroid dienone is 1. The van der Waals surface area contributed by atoms with Crippen LogP contribution in [-0.2, 0) is 5.41 Å². The van der Waals surface area contributed by atoms with Crippen molar-refractivity contribution >= 4 is 6.08 Å². The second-order valence-electron chi connectivity index (χ2n) is 10.2. The third-order valence-electron chi connectivity index (χ3n) is 8.39. The first-order chi connectivity index (χ1) is 17.8. The zero-order valence-corrected chi connectivity index (χ0v) is 20.4. The Morgan fingerprint density at radius 2 is 0.889 bits per heavy atom. The van der Waals surface area contributed by atoms with E-state index in [4.69, 9.17) is 0 Å². The van der Waals surface area contributed by atoms with Gasteiger partial charge in [0.1, 0.15) is 0 Å². The molecule has 2 aliphatic carbocycles. The molecule has 2 aliphatic rings. The SMILES string of the molecule is CC1=Cc2ccccc2C1C(c1ccccc1)(c1ccccc1)C1c2ccccc2-c2ccccc21. The van der Waals surface area contributed by atoms with Crippen LogP contribution in [0.2, 0.25) is 0 Å². The van der Waals surface area contributed by atoms with Gasteiger partial charge in [0, 0.05) is 17.3 Å². The van der Waals surface area contributed by atoms with Crippen molar-refractivity contribution in [1.82, 2.24) is 0 Å². The van der Waals surface area contributed by atoms with Gasteiger partial charge in [0.05, 0.1) is 0 Å². The number of benzene rings is 5. The standard InChI is InChI=1S/C36H28/c1-25-24-26-14-8-9-19-29(26)34(25)36(27-15-4-2-5-16-27,28-17-6-3-7-18-28)35-32-22-12-10-20-30(32)31-21-11-13-23-33(31)35/h2-24,34-35H,1H3. The first kappa shape index (κ1) is 21.1. The molecule has 0 fully saturated rings. The van der Waals surface area contributed by atoms with Crippen LogP contribution in [0.4, 0.5) is 0 Å². The highest BCUT2D eigenvalue weighted by Gasteiger charge is 2.54. The number of rotatable bonds is 4. The number of hydrogen-bond acceptors (Lipinski definition) is 0. The average Bonchev–Trinajstić information content (AvgIpc) is 3.46. The Labute approximate surface area is 213 Å². The van der Waals surface area contributed by atoms with E-state index < -0.39 is 0 Å². The average molecular weight is 461 g/mol. The molecule has 7 rings (SSSR count). The zero-order valence-electron chi connectivity index (χ0n) is 20.4. The second-order valence-corrected chi connectivity index (χ2v) is 10.2. The predicted molar refractivity (Wildman–Crippen MR) is 150 cm³/mol. The lowest BCUT2D eigenvalue weighted by atomic mass is 9.54. The van der Waals surface area contributed by atoms with E-state index in [0.29, 0.717) is 0 Å². The quantitative estimate of drug-likeness (QED) is 0.251. The molecule has 0 bridgehead atoms. The Hall–Kier alpha value is -4.16. The van der Waals surface area contributed by atoms with E-state index in [1.807, 2.05) is 0 Å². The summed E-state index contributed by atoms with van der Waals surface area (Å²) in [4.78, 5) is 0. The van der Waals surface area contributed by atoms with Crippen LogP contribution in [0.1, 0.15) is 52.1 Å². The normalized spacial score (nSPS) is 16.2. The molecule has 0 aliphatic heterocycles. The maximum absolute atomic E-state index is 2.41. The molecule has 0 spiro atoms. The summed E-state index contributed by atoms with van der Waals surface area (Å²) < 4.78 is 0.